The minimum atomic E-state index is -0.895. The average molecular weight is 407 g/mol. The van der Waals surface area contributed by atoms with Gasteiger partial charge in [-0.2, -0.15) is 0 Å². The van der Waals surface area contributed by atoms with Gasteiger partial charge in [0.1, 0.15) is 17.4 Å². The first-order chi connectivity index (χ1) is 13.3. The van der Waals surface area contributed by atoms with Gasteiger partial charge in [-0.05, 0) is 31.2 Å². The Bertz CT molecular complexity index is 1140. The molecule has 146 valence electrons. The summed E-state index contributed by atoms with van der Waals surface area (Å²) in [5, 5.41) is 11.1. The minimum Gasteiger partial charge on any atom is -0.507 e. The molecule has 0 unspecified atom stereocenters. The van der Waals surface area contributed by atoms with E-state index in [2.05, 4.69) is 0 Å². The Kier molecular flexibility index (Phi) is 5.38. The van der Waals surface area contributed by atoms with Gasteiger partial charge in [-0.25, -0.2) is 8.78 Å². The summed E-state index contributed by atoms with van der Waals surface area (Å²) in [6.07, 6.45) is -0.468. The zero-order chi connectivity index (χ0) is 20.6. The summed E-state index contributed by atoms with van der Waals surface area (Å²) in [7, 11) is 1.51. The lowest BCUT2D eigenvalue weighted by atomic mass is 10.1. The average Bonchev–Trinajstić information content (AvgIpc) is 2.65. The summed E-state index contributed by atoms with van der Waals surface area (Å²) in [5.41, 5.74) is -0.391. The molecule has 5 nitrogen and oxygen atoms in total. The summed E-state index contributed by atoms with van der Waals surface area (Å²) in [5.74, 6) is -2.66. The van der Waals surface area contributed by atoms with E-state index < -0.39 is 29.5 Å². The minimum absolute atomic E-state index is 0.0940. The molecule has 3 rings (SSSR count). The van der Waals surface area contributed by atoms with Crippen molar-refractivity contribution < 1.29 is 18.7 Å². The molecule has 1 N–H and O–H groups in total. The third kappa shape index (κ3) is 3.33. The first kappa shape index (κ1) is 19.8. The predicted octanol–water partition coefficient (Wildman–Crippen LogP) is 3.77. The van der Waals surface area contributed by atoms with Crippen LogP contribution in [0.25, 0.3) is 10.9 Å². The molecule has 0 atom stereocenters. The molecule has 0 bridgehead atoms. The number of halogens is 3. The Labute approximate surface area is 164 Å². The first-order valence-corrected chi connectivity index (χ1v) is 8.88. The molecule has 0 radical (unpaired) electrons. The summed E-state index contributed by atoms with van der Waals surface area (Å²) >= 11 is 6.16. The van der Waals surface area contributed by atoms with Crippen LogP contribution in [0.15, 0.2) is 41.2 Å². The highest BCUT2D eigenvalue weighted by atomic mass is 35.5. The zero-order valence-corrected chi connectivity index (χ0v) is 15.9. The Balaban J connectivity index is 2.07. The van der Waals surface area contributed by atoms with Gasteiger partial charge >= 0.3 is 0 Å². The fraction of sp³-hybridized carbons (Fsp3) is 0.200. The van der Waals surface area contributed by atoms with Crippen LogP contribution < -0.4 is 10.5 Å². The van der Waals surface area contributed by atoms with Gasteiger partial charge < -0.3 is 14.6 Å². The van der Waals surface area contributed by atoms with Crippen molar-refractivity contribution in [2.24, 2.45) is 7.05 Å². The highest BCUT2D eigenvalue weighted by Crippen LogP contribution is 2.33. The number of amides is 1. The van der Waals surface area contributed by atoms with Crippen molar-refractivity contribution >= 4 is 34.1 Å². The van der Waals surface area contributed by atoms with Crippen molar-refractivity contribution in [2.75, 3.05) is 11.4 Å². The van der Waals surface area contributed by atoms with E-state index in [9.17, 15) is 23.5 Å². The van der Waals surface area contributed by atoms with E-state index in [4.69, 9.17) is 11.6 Å². The molecule has 8 heteroatoms. The van der Waals surface area contributed by atoms with Crippen LogP contribution in [0.1, 0.15) is 12.5 Å². The van der Waals surface area contributed by atoms with E-state index in [0.29, 0.717) is 11.6 Å². The van der Waals surface area contributed by atoms with Crippen molar-refractivity contribution in [2.45, 2.75) is 13.3 Å². The lowest BCUT2D eigenvalue weighted by Gasteiger charge is -2.22. The summed E-state index contributed by atoms with van der Waals surface area (Å²) < 4.78 is 28.6. The highest BCUT2D eigenvalue weighted by molar-refractivity contribution is 6.36. The number of aromatic nitrogens is 1. The van der Waals surface area contributed by atoms with E-state index in [-0.39, 0.29) is 34.0 Å². The summed E-state index contributed by atoms with van der Waals surface area (Å²) in [6.45, 7) is 1.72. The Morgan fingerprint density at radius 1 is 1.25 bits per heavy atom. The third-order valence-corrected chi connectivity index (χ3v) is 4.90. The molecular weight excluding hydrogens is 390 g/mol. The van der Waals surface area contributed by atoms with Crippen LogP contribution in [-0.4, -0.2) is 22.1 Å². The standard InChI is InChI=1S/C20H17ClF2N2O3/c1-3-25(15-8-7-11(22)9-14(15)23)17(26)10-12-19(27)18-13(21)5-4-6-16(18)24(2)20(12)28/h4-9,27H,3,10H2,1-2H3. The molecule has 0 saturated heterocycles. The van der Waals surface area contributed by atoms with Crippen LogP contribution in [0.3, 0.4) is 0 Å². The number of nitrogens with zero attached hydrogens (tertiary/aromatic N) is 2. The second-order valence-electron chi connectivity index (χ2n) is 6.24. The molecular formula is C20H17ClF2N2O3. The van der Waals surface area contributed by atoms with E-state index in [0.717, 1.165) is 17.0 Å². The van der Waals surface area contributed by atoms with Gasteiger partial charge in [0.2, 0.25) is 5.91 Å². The van der Waals surface area contributed by atoms with Crippen molar-refractivity contribution in [1.29, 1.82) is 0 Å². The quantitative estimate of drug-likeness (QED) is 0.717. The normalized spacial score (nSPS) is 11.0. The number of pyridine rings is 1. The summed E-state index contributed by atoms with van der Waals surface area (Å²) in [4.78, 5) is 26.6. The molecule has 0 aliphatic rings. The Morgan fingerprint density at radius 2 is 1.96 bits per heavy atom. The van der Waals surface area contributed by atoms with Gasteiger partial charge in [-0.15, -0.1) is 0 Å². The number of rotatable bonds is 4. The number of likely N-dealkylation sites (N-methyl/N-ethyl adjacent to an activating group) is 1. The van der Waals surface area contributed by atoms with Crippen molar-refractivity contribution in [3.63, 3.8) is 0 Å². The smallest absolute Gasteiger partial charge is 0.258 e. The van der Waals surface area contributed by atoms with Gasteiger partial charge in [0.05, 0.1) is 33.6 Å². The summed E-state index contributed by atoms with van der Waals surface area (Å²) in [6, 6.07) is 7.70. The molecule has 0 fully saturated rings. The number of hydrogen-bond acceptors (Lipinski definition) is 3. The molecule has 3 aromatic rings. The molecule has 0 saturated carbocycles. The van der Waals surface area contributed by atoms with Gasteiger partial charge in [0, 0.05) is 19.7 Å². The zero-order valence-electron chi connectivity index (χ0n) is 15.2. The van der Waals surface area contributed by atoms with Crippen molar-refractivity contribution in [3.05, 3.63) is 69.0 Å². The lowest BCUT2D eigenvalue weighted by Crippen LogP contribution is -2.35. The number of benzene rings is 2. The fourth-order valence-electron chi connectivity index (χ4n) is 3.18. The van der Waals surface area contributed by atoms with Crippen molar-refractivity contribution in [3.8, 4) is 5.75 Å². The highest BCUT2D eigenvalue weighted by Gasteiger charge is 2.23. The maximum absolute atomic E-state index is 14.1. The number of fused-ring (bicyclic) bond motifs is 1. The second kappa shape index (κ2) is 7.59. The molecule has 2 aromatic carbocycles. The SMILES string of the molecule is CCN(C(=O)Cc1c(O)c2c(Cl)cccc2n(C)c1=O)c1ccc(F)cc1F. The van der Waals surface area contributed by atoms with Crippen LogP contribution in [-0.2, 0) is 18.3 Å². The van der Waals surface area contributed by atoms with E-state index in [1.165, 1.54) is 11.6 Å². The molecule has 0 spiro atoms. The molecule has 1 amide bonds. The van der Waals surface area contributed by atoms with Gasteiger partial charge in [0.25, 0.3) is 5.56 Å². The second-order valence-corrected chi connectivity index (χ2v) is 6.64. The number of carbonyl (C=O) groups is 1. The maximum atomic E-state index is 14.1. The first-order valence-electron chi connectivity index (χ1n) is 8.50. The van der Waals surface area contributed by atoms with E-state index in [1.54, 1.807) is 25.1 Å². The van der Waals surface area contributed by atoms with E-state index >= 15 is 0 Å². The third-order valence-electron chi connectivity index (χ3n) is 4.58. The number of hydrogen-bond donors (Lipinski definition) is 1. The largest absolute Gasteiger partial charge is 0.507 e. The molecule has 28 heavy (non-hydrogen) atoms. The molecule has 1 aromatic heterocycles. The van der Waals surface area contributed by atoms with Crippen LogP contribution in [0, 0.1) is 11.6 Å². The maximum Gasteiger partial charge on any atom is 0.258 e. The number of aromatic hydroxyl groups is 1. The number of aryl methyl sites for hydroxylation is 1. The molecule has 0 aliphatic heterocycles. The van der Waals surface area contributed by atoms with Crippen LogP contribution in [0.4, 0.5) is 14.5 Å². The van der Waals surface area contributed by atoms with Gasteiger partial charge in [0.15, 0.2) is 0 Å². The van der Waals surface area contributed by atoms with E-state index in [1.807, 2.05) is 0 Å². The fourth-order valence-corrected chi connectivity index (χ4v) is 3.44. The van der Waals surface area contributed by atoms with Crippen LogP contribution in [0.2, 0.25) is 5.02 Å². The van der Waals surface area contributed by atoms with Crippen molar-refractivity contribution in [1.82, 2.24) is 4.57 Å². The van der Waals surface area contributed by atoms with Crippen LogP contribution >= 0.6 is 11.6 Å². The predicted molar refractivity (Wildman–Crippen MR) is 104 cm³/mol. The van der Waals surface area contributed by atoms with Gasteiger partial charge in [-0.1, -0.05) is 17.7 Å². The number of anilines is 1. The Morgan fingerprint density at radius 3 is 2.61 bits per heavy atom. The Hall–Kier alpha value is -2.93. The molecule has 1 heterocycles. The van der Waals surface area contributed by atoms with Gasteiger partial charge in [-0.3, -0.25) is 9.59 Å². The number of carbonyl (C=O) groups excluding carboxylic acids is 1. The monoisotopic (exact) mass is 406 g/mol. The lowest BCUT2D eigenvalue weighted by molar-refractivity contribution is -0.118. The van der Waals surface area contributed by atoms with Crippen LogP contribution in [0.5, 0.6) is 5.75 Å². The molecule has 0 aliphatic carbocycles. The topological polar surface area (TPSA) is 62.5 Å².